The summed E-state index contributed by atoms with van der Waals surface area (Å²) in [6, 6.07) is 7.54. The smallest absolute Gasteiger partial charge is 0.396 e. The lowest BCUT2D eigenvalue weighted by Crippen LogP contribution is -1.94. The number of rotatable bonds is 6. The number of para-hydroxylation sites is 2. The fourth-order valence-electron chi connectivity index (χ4n) is 2.44. The highest BCUT2D eigenvalue weighted by Crippen LogP contribution is 2.34. The minimum Gasteiger partial charge on any atom is -0.396 e. The maximum absolute atomic E-state index is 11.2. The molecule has 0 unspecified atom stereocenters. The molecule has 0 spiro atoms. The van der Waals surface area contributed by atoms with Crippen molar-refractivity contribution in [3.63, 3.8) is 0 Å². The summed E-state index contributed by atoms with van der Waals surface area (Å²) < 4.78 is 19.9. The van der Waals surface area contributed by atoms with Gasteiger partial charge in [0.1, 0.15) is 21.6 Å². The molecule has 4 rings (SSSR count). The van der Waals surface area contributed by atoms with Crippen molar-refractivity contribution in [2.45, 2.75) is 35.4 Å². The van der Waals surface area contributed by atoms with Gasteiger partial charge >= 0.3 is 11.6 Å². The van der Waals surface area contributed by atoms with Crippen LogP contribution in [0.4, 0.5) is 0 Å². The van der Waals surface area contributed by atoms with Gasteiger partial charge in [-0.2, -0.15) is 0 Å². The number of fused-ring (bicyclic) bond motifs is 1. The van der Waals surface area contributed by atoms with Crippen molar-refractivity contribution in [2.75, 3.05) is 0 Å². The van der Waals surface area contributed by atoms with Crippen molar-refractivity contribution in [1.29, 1.82) is 0 Å². The van der Waals surface area contributed by atoms with Crippen molar-refractivity contribution in [1.82, 2.24) is 9.97 Å². The molecule has 144 valence electrons. The maximum atomic E-state index is 11.2. The molecule has 0 bridgehead atoms. The molecule has 10 heteroatoms. The van der Waals surface area contributed by atoms with Crippen molar-refractivity contribution in [3.8, 4) is 0 Å². The monoisotopic (exact) mass is 418 g/mol. The van der Waals surface area contributed by atoms with Gasteiger partial charge in [-0.25, -0.2) is 19.6 Å². The molecule has 0 radical (unpaired) electrons. The molecule has 1 aromatic carbocycles. The van der Waals surface area contributed by atoms with E-state index in [0.29, 0.717) is 44.6 Å². The number of aromatic nitrogens is 2. The largest absolute Gasteiger partial charge is 0.519 e. The molecule has 0 saturated heterocycles. The Morgan fingerprint density at radius 1 is 0.750 bits per heavy atom. The SMILES string of the molecule is Cc1oc(=O)oc1CSc1nc2ccccc2nc1SCc1oc(=O)oc1C. The summed E-state index contributed by atoms with van der Waals surface area (Å²) in [7, 11) is 0. The van der Waals surface area contributed by atoms with Crippen molar-refractivity contribution < 1.29 is 17.7 Å². The number of thioether (sulfide) groups is 2. The number of benzene rings is 1. The lowest BCUT2D eigenvalue weighted by molar-refractivity contribution is 0.372. The average Bonchev–Trinajstić information content (AvgIpc) is 3.17. The van der Waals surface area contributed by atoms with E-state index in [4.69, 9.17) is 17.7 Å². The van der Waals surface area contributed by atoms with Gasteiger partial charge in [-0.1, -0.05) is 35.7 Å². The summed E-state index contributed by atoms with van der Waals surface area (Å²) in [5.41, 5.74) is 1.51. The molecule has 0 atom stereocenters. The predicted octanol–water partition coefficient (Wildman–Crippen LogP) is 3.92. The zero-order chi connectivity index (χ0) is 19.7. The summed E-state index contributed by atoms with van der Waals surface area (Å²) in [5, 5.41) is 1.35. The van der Waals surface area contributed by atoms with Crippen LogP contribution in [-0.2, 0) is 11.5 Å². The Hall–Kier alpha value is -2.72. The van der Waals surface area contributed by atoms with Crippen molar-refractivity contribution in [3.05, 3.63) is 68.5 Å². The normalized spacial score (nSPS) is 11.4. The van der Waals surface area contributed by atoms with E-state index >= 15 is 0 Å². The van der Waals surface area contributed by atoms with Gasteiger partial charge in [-0.15, -0.1) is 0 Å². The fraction of sp³-hybridized carbons (Fsp3) is 0.222. The van der Waals surface area contributed by atoms with E-state index in [1.165, 1.54) is 23.5 Å². The first-order chi connectivity index (χ1) is 13.5. The fourth-order valence-corrected chi connectivity index (χ4v) is 4.51. The quantitative estimate of drug-likeness (QED) is 0.427. The van der Waals surface area contributed by atoms with E-state index in [0.717, 1.165) is 11.0 Å². The van der Waals surface area contributed by atoms with Crippen LogP contribution < -0.4 is 11.6 Å². The van der Waals surface area contributed by atoms with E-state index < -0.39 is 11.6 Å². The summed E-state index contributed by atoms with van der Waals surface area (Å²) in [6.07, 6.45) is 0. The zero-order valence-corrected chi connectivity index (χ0v) is 16.5. The molecule has 3 aromatic heterocycles. The Labute approximate surface area is 166 Å². The van der Waals surface area contributed by atoms with Crippen molar-refractivity contribution in [2.24, 2.45) is 0 Å². The first-order valence-corrected chi connectivity index (χ1v) is 10.2. The van der Waals surface area contributed by atoms with Gasteiger partial charge in [0.2, 0.25) is 0 Å². The highest BCUT2D eigenvalue weighted by molar-refractivity contribution is 8.01. The summed E-state index contributed by atoms with van der Waals surface area (Å²) in [4.78, 5) is 31.8. The molecular weight excluding hydrogens is 404 g/mol. The Morgan fingerprint density at radius 3 is 1.54 bits per heavy atom. The van der Waals surface area contributed by atoms with E-state index in [2.05, 4.69) is 9.97 Å². The molecule has 0 N–H and O–H groups in total. The van der Waals surface area contributed by atoms with Crippen LogP contribution in [0.2, 0.25) is 0 Å². The number of hydrogen-bond acceptors (Lipinski definition) is 10. The van der Waals surface area contributed by atoms with Crippen LogP contribution in [0.3, 0.4) is 0 Å². The second-order valence-corrected chi connectivity index (χ2v) is 7.70. The topological polar surface area (TPSA) is 112 Å². The molecule has 0 fully saturated rings. The minimum absolute atomic E-state index is 0.373. The van der Waals surface area contributed by atoms with Crippen LogP contribution in [-0.4, -0.2) is 9.97 Å². The van der Waals surface area contributed by atoms with E-state index in [9.17, 15) is 9.59 Å². The molecule has 0 amide bonds. The van der Waals surface area contributed by atoms with E-state index in [1.807, 2.05) is 24.3 Å². The minimum atomic E-state index is -0.724. The second-order valence-electron chi connectivity index (χ2n) is 5.77. The first-order valence-electron chi connectivity index (χ1n) is 8.21. The Bertz CT molecular complexity index is 1160. The predicted molar refractivity (Wildman–Crippen MR) is 103 cm³/mol. The van der Waals surface area contributed by atoms with Crippen LogP contribution in [0.15, 0.2) is 61.6 Å². The molecule has 4 aromatic rings. The third kappa shape index (κ3) is 3.92. The van der Waals surface area contributed by atoms with Gasteiger partial charge in [0.15, 0.2) is 11.5 Å². The zero-order valence-electron chi connectivity index (χ0n) is 14.9. The van der Waals surface area contributed by atoms with Gasteiger partial charge < -0.3 is 17.7 Å². The lowest BCUT2D eigenvalue weighted by atomic mass is 10.3. The molecule has 28 heavy (non-hydrogen) atoms. The van der Waals surface area contributed by atoms with Gasteiger partial charge in [-0.3, -0.25) is 0 Å². The lowest BCUT2D eigenvalue weighted by Gasteiger charge is -2.08. The molecule has 0 saturated carbocycles. The third-order valence-corrected chi connectivity index (χ3v) is 5.92. The molecule has 0 aliphatic heterocycles. The van der Waals surface area contributed by atoms with Gasteiger partial charge in [0.25, 0.3) is 0 Å². The van der Waals surface area contributed by atoms with Crippen LogP contribution in [0.5, 0.6) is 0 Å². The maximum Gasteiger partial charge on any atom is 0.519 e. The number of hydrogen-bond donors (Lipinski definition) is 0. The highest BCUT2D eigenvalue weighted by atomic mass is 32.2. The van der Waals surface area contributed by atoms with Crippen LogP contribution in [0.25, 0.3) is 11.0 Å². The standard InChI is InChI=1S/C18H14N2O6S2/c1-9-13(25-17(21)23-9)7-27-15-16(20-12-6-4-3-5-11(12)19-15)28-8-14-10(2)24-18(22)26-14/h3-6H,7-8H2,1-2H3. The molecular formula is C18H14N2O6S2. The highest BCUT2D eigenvalue weighted by Gasteiger charge is 2.16. The first kappa shape index (κ1) is 18.6. The molecule has 0 aliphatic carbocycles. The third-order valence-electron chi connectivity index (χ3n) is 3.86. The van der Waals surface area contributed by atoms with E-state index in [1.54, 1.807) is 13.8 Å². The Kier molecular flexibility index (Phi) is 5.14. The Morgan fingerprint density at radius 2 is 1.18 bits per heavy atom. The average molecular weight is 418 g/mol. The van der Waals surface area contributed by atoms with Gasteiger partial charge in [0.05, 0.1) is 22.5 Å². The summed E-state index contributed by atoms with van der Waals surface area (Å²) >= 11 is 2.77. The second kappa shape index (κ2) is 7.72. The van der Waals surface area contributed by atoms with Crippen LogP contribution >= 0.6 is 23.5 Å². The molecule has 3 heterocycles. The van der Waals surface area contributed by atoms with Gasteiger partial charge in [0, 0.05) is 0 Å². The van der Waals surface area contributed by atoms with Crippen molar-refractivity contribution >= 4 is 34.6 Å². The van der Waals surface area contributed by atoms with Crippen LogP contribution in [0.1, 0.15) is 23.0 Å². The molecule has 0 aliphatic rings. The number of nitrogens with zero attached hydrogens (tertiary/aromatic N) is 2. The van der Waals surface area contributed by atoms with E-state index in [-0.39, 0.29) is 0 Å². The van der Waals surface area contributed by atoms with Crippen LogP contribution in [0, 0.1) is 13.8 Å². The number of aryl methyl sites for hydroxylation is 2. The summed E-state index contributed by atoms with van der Waals surface area (Å²) in [6.45, 7) is 3.35. The summed E-state index contributed by atoms with van der Waals surface area (Å²) in [5.74, 6) is 1.09. The Balaban J connectivity index is 1.63. The molecule has 8 nitrogen and oxygen atoms in total. The van der Waals surface area contributed by atoms with Gasteiger partial charge in [-0.05, 0) is 26.0 Å².